The highest BCUT2D eigenvalue weighted by Crippen LogP contribution is 2.21. The zero-order valence-electron chi connectivity index (χ0n) is 12.6. The van der Waals surface area contributed by atoms with Crippen LogP contribution >= 0.6 is 0 Å². The van der Waals surface area contributed by atoms with Crippen LogP contribution in [-0.2, 0) is 6.42 Å². The maximum atomic E-state index is 12.8. The minimum Gasteiger partial charge on any atom is -0.370 e. The van der Waals surface area contributed by atoms with Gasteiger partial charge in [-0.25, -0.2) is 14.4 Å². The first-order valence-corrected chi connectivity index (χ1v) is 7.86. The third-order valence-corrected chi connectivity index (χ3v) is 4.01. The SMILES string of the molecule is Fc1ccc(CCNc2cc(NC3CCCC3)ncn2)cc1. The standard InChI is InChI=1S/C17H21FN4/c18-14-7-5-13(6-8-14)9-10-19-16-11-17(21-12-20-16)22-15-3-1-2-4-15/h5-8,11-12,15H,1-4,9-10H2,(H2,19,20,21,22). The van der Waals surface area contributed by atoms with Gasteiger partial charge in [0.1, 0.15) is 23.8 Å². The van der Waals surface area contributed by atoms with E-state index in [4.69, 9.17) is 0 Å². The van der Waals surface area contributed by atoms with Crippen molar-refractivity contribution < 1.29 is 4.39 Å². The van der Waals surface area contributed by atoms with E-state index in [1.54, 1.807) is 6.33 Å². The zero-order chi connectivity index (χ0) is 15.2. The van der Waals surface area contributed by atoms with E-state index >= 15 is 0 Å². The average Bonchev–Trinajstić information content (AvgIpc) is 3.03. The quantitative estimate of drug-likeness (QED) is 0.855. The summed E-state index contributed by atoms with van der Waals surface area (Å²) in [6, 6.07) is 9.09. The van der Waals surface area contributed by atoms with Crippen molar-refractivity contribution in [3.63, 3.8) is 0 Å². The molecule has 1 heterocycles. The Morgan fingerprint density at radius 2 is 1.77 bits per heavy atom. The Morgan fingerprint density at radius 1 is 1.05 bits per heavy atom. The number of anilines is 2. The highest BCUT2D eigenvalue weighted by Gasteiger charge is 2.14. The minimum atomic E-state index is -0.199. The molecule has 1 aliphatic carbocycles. The van der Waals surface area contributed by atoms with E-state index in [9.17, 15) is 4.39 Å². The lowest BCUT2D eigenvalue weighted by molar-refractivity contribution is 0.627. The fraction of sp³-hybridized carbons (Fsp3) is 0.412. The summed E-state index contributed by atoms with van der Waals surface area (Å²) in [5.74, 6) is 1.50. The number of hydrogen-bond donors (Lipinski definition) is 2. The largest absolute Gasteiger partial charge is 0.370 e. The van der Waals surface area contributed by atoms with Gasteiger partial charge < -0.3 is 10.6 Å². The van der Waals surface area contributed by atoms with Crippen molar-refractivity contribution in [2.75, 3.05) is 17.2 Å². The van der Waals surface area contributed by atoms with Gasteiger partial charge in [-0.15, -0.1) is 0 Å². The normalized spacial score (nSPS) is 15.0. The number of hydrogen-bond acceptors (Lipinski definition) is 4. The van der Waals surface area contributed by atoms with Crippen molar-refractivity contribution in [2.24, 2.45) is 0 Å². The van der Waals surface area contributed by atoms with Crippen LogP contribution in [-0.4, -0.2) is 22.6 Å². The number of nitrogens with zero attached hydrogens (tertiary/aromatic N) is 2. The lowest BCUT2D eigenvalue weighted by Crippen LogP contribution is -2.16. The first-order valence-electron chi connectivity index (χ1n) is 7.86. The molecule has 4 nitrogen and oxygen atoms in total. The van der Waals surface area contributed by atoms with E-state index in [1.165, 1.54) is 37.8 Å². The summed E-state index contributed by atoms with van der Waals surface area (Å²) >= 11 is 0. The molecular weight excluding hydrogens is 279 g/mol. The summed E-state index contributed by atoms with van der Waals surface area (Å²) in [6.45, 7) is 0.755. The van der Waals surface area contributed by atoms with Crippen LogP contribution in [0.2, 0.25) is 0 Å². The molecule has 0 radical (unpaired) electrons. The van der Waals surface area contributed by atoms with Gasteiger partial charge in [0.05, 0.1) is 0 Å². The predicted octanol–water partition coefficient (Wildman–Crippen LogP) is 3.62. The summed E-state index contributed by atoms with van der Waals surface area (Å²) < 4.78 is 12.8. The highest BCUT2D eigenvalue weighted by molar-refractivity contribution is 5.47. The van der Waals surface area contributed by atoms with E-state index in [0.717, 1.165) is 30.2 Å². The second-order valence-corrected chi connectivity index (χ2v) is 5.72. The van der Waals surface area contributed by atoms with Crippen molar-refractivity contribution in [2.45, 2.75) is 38.1 Å². The van der Waals surface area contributed by atoms with E-state index in [-0.39, 0.29) is 5.82 Å². The van der Waals surface area contributed by atoms with E-state index < -0.39 is 0 Å². The summed E-state index contributed by atoms with van der Waals surface area (Å²) in [5, 5.41) is 6.75. The predicted molar refractivity (Wildman–Crippen MR) is 86.5 cm³/mol. The molecule has 0 atom stereocenters. The lowest BCUT2D eigenvalue weighted by Gasteiger charge is -2.13. The smallest absolute Gasteiger partial charge is 0.131 e. The Labute approximate surface area is 130 Å². The zero-order valence-corrected chi connectivity index (χ0v) is 12.6. The maximum Gasteiger partial charge on any atom is 0.131 e. The van der Waals surface area contributed by atoms with Gasteiger partial charge >= 0.3 is 0 Å². The first kappa shape index (κ1) is 14.8. The molecule has 5 heteroatoms. The second-order valence-electron chi connectivity index (χ2n) is 5.72. The minimum absolute atomic E-state index is 0.199. The van der Waals surface area contributed by atoms with Crippen LogP contribution < -0.4 is 10.6 Å². The van der Waals surface area contributed by atoms with Gasteiger partial charge in [-0.2, -0.15) is 0 Å². The Balaban J connectivity index is 1.50. The van der Waals surface area contributed by atoms with Crippen molar-refractivity contribution in [3.8, 4) is 0 Å². The molecule has 1 saturated carbocycles. The first-order chi connectivity index (χ1) is 10.8. The van der Waals surface area contributed by atoms with Gasteiger partial charge in [-0.05, 0) is 37.0 Å². The van der Waals surface area contributed by atoms with Crippen molar-refractivity contribution in [1.82, 2.24) is 9.97 Å². The number of halogens is 1. The number of nitrogens with one attached hydrogen (secondary N) is 2. The van der Waals surface area contributed by atoms with E-state index in [1.807, 2.05) is 18.2 Å². The Bertz CT molecular complexity index is 594. The number of aromatic nitrogens is 2. The Kier molecular flexibility index (Phi) is 4.83. The summed E-state index contributed by atoms with van der Waals surface area (Å²) in [5.41, 5.74) is 1.10. The number of benzene rings is 1. The van der Waals surface area contributed by atoms with Crippen LogP contribution in [0.15, 0.2) is 36.7 Å². The molecule has 0 bridgehead atoms. The molecule has 0 amide bonds. The Hall–Kier alpha value is -2.17. The van der Waals surface area contributed by atoms with Crippen LogP contribution in [0.25, 0.3) is 0 Å². The molecule has 0 aliphatic heterocycles. The van der Waals surface area contributed by atoms with Crippen molar-refractivity contribution in [1.29, 1.82) is 0 Å². The third-order valence-electron chi connectivity index (χ3n) is 4.01. The molecule has 1 aromatic heterocycles. The maximum absolute atomic E-state index is 12.8. The monoisotopic (exact) mass is 300 g/mol. The molecule has 2 aromatic rings. The van der Waals surface area contributed by atoms with Crippen LogP contribution in [0.1, 0.15) is 31.2 Å². The third kappa shape index (κ3) is 4.16. The molecule has 2 N–H and O–H groups in total. The number of rotatable bonds is 6. The van der Waals surface area contributed by atoms with Crippen LogP contribution in [0.4, 0.5) is 16.0 Å². The molecule has 1 aliphatic rings. The van der Waals surface area contributed by atoms with E-state index in [2.05, 4.69) is 20.6 Å². The van der Waals surface area contributed by atoms with Crippen molar-refractivity contribution >= 4 is 11.6 Å². The molecular formula is C17H21FN4. The van der Waals surface area contributed by atoms with Crippen LogP contribution in [0.5, 0.6) is 0 Å². The van der Waals surface area contributed by atoms with Crippen LogP contribution in [0.3, 0.4) is 0 Å². The molecule has 0 unspecified atom stereocenters. The van der Waals surface area contributed by atoms with Gasteiger partial charge in [0.25, 0.3) is 0 Å². The van der Waals surface area contributed by atoms with Gasteiger partial charge in [-0.1, -0.05) is 25.0 Å². The molecule has 1 fully saturated rings. The molecule has 22 heavy (non-hydrogen) atoms. The van der Waals surface area contributed by atoms with Gasteiger partial charge in [0.15, 0.2) is 0 Å². The molecule has 3 rings (SSSR count). The van der Waals surface area contributed by atoms with Gasteiger partial charge in [-0.3, -0.25) is 0 Å². The fourth-order valence-corrected chi connectivity index (χ4v) is 2.80. The van der Waals surface area contributed by atoms with Crippen LogP contribution in [0, 0.1) is 5.82 Å². The molecule has 0 saturated heterocycles. The lowest BCUT2D eigenvalue weighted by atomic mass is 10.1. The second kappa shape index (κ2) is 7.20. The molecule has 1 aromatic carbocycles. The highest BCUT2D eigenvalue weighted by atomic mass is 19.1. The summed E-state index contributed by atoms with van der Waals surface area (Å²) in [4.78, 5) is 8.51. The van der Waals surface area contributed by atoms with Gasteiger partial charge in [0.2, 0.25) is 0 Å². The van der Waals surface area contributed by atoms with Gasteiger partial charge in [0, 0.05) is 18.7 Å². The Morgan fingerprint density at radius 3 is 2.55 bits per heavy atom. The van der Waals surface area contributed by atoms with Crippen molar-refractivity contribution in [3.05, 3.63) is 48.0 Å². The molecule has 116 valence electrons. The van der Waals surface area contributed by atoms with E-state index in [0.29, 0.717) is 6.04 Å². The summed E-state index contributed by atoms with van der Waals surface area (Å²) in [6.07, 6.45) is 7.44. The average molecular weight is 300 g/mol. The fourth-order valence-electron chi connectivity index (χ4n) is 2.80. The summed E-state index contributed by atoms with van der Waals surface area (Å²) in [7, 11) is 0. The molecule has 0 spiro atoms. The topological polar surface area (TPSA) is 49.8 Å².